The molecule has 5 nitrogen and oxygen atoms in total. The number of anilines is 1. The summed E-state index contributed by atoms with van der Waals surface area (Å²) in [5, 5.41) is 2.61. The van der Waals surface area contributed by atoms with Gasteiger partial charge in [-0.2, -0.15) is 0 Å². The van der Waals surface area contributed by atoms with Crippen LogP contribution in [0, 0.1) is 11.6 Å². The Bertz CT molecular complexity index is 857. The van der Waals surface area contributed by atoms with Crippen LogP contribution in [0.4, 0.5) is 14.5 Å². The van der Waals surface area contributed by atoms with Gasteiger partial charge >= 0.3 is 0 Å². The van der Waals surface area contributed by atoms with Gasteiger partial charge in [-0.3, -0.25) is 9.69 Å². The lowest BCUT2D eigenvalue weighted by molar-refractivity contribution is -0.117. The monoisotopic (exact) mass is 376 g/mol. The van der Waals surface area contributed by atoms with Crippen molar-refractivity contribution < 1.29 is 23.0 Å². The molecule has 2 aromatic carbocycles. The Morgan fingerprint density at radius 3 is 2.52 bits per heavy atom. The van der Waals surface area contributed by atoms with E-state index >= 15 is 0 Å². The molecule has 1 aliphatic heterocycles. The molecular weight excluding hydrogens is 354 g/mol. The molecule has 0 radical (unpaired) electrons. The highest BCUT2D eigenvalue weighted by Crippen LogP contribution is 2.37. The summed E-state index contributed by atoms with van der Waals surface area (Å²) in [7, 11) is 3.19. The number of amides is 1. The van der Waals surface area contributed by atoms with Gasteiger partial charge in [0.1, 0.15) is 0 Å². The predicted octanol–water partition coefficient (Wildman–Crippen LogP) is 3.54. The molecule has 144 valence electrons. The van der Waals surface area contributed by atoms with Crippen LogP contribution in [-0.4, -0.2) is 38.1 Å². The van der Waals surface area contributed by atoms with E-state index in [-0.39, 0.29) is 24.2 Å². The molecule has 27 heavy (non-hydrogen) atoms. The zero-order valence-electron chi connectivity index (χ0n) is 15.5. The lowest BCUT2D eigenvalue weighted by Crippen LogP contribution is -2.39. The van der Waals surface area contributed by atoms with Crippen LogP contribution >= 0.6 is 0 Å². The highest BCUT2D eigenvalue weighted by atomic mass is 19.2. The standard InChI is InChI=1S/C20H22F2N2O3/c1-12-15-10-19(27-3)18(26-2)8-13(15)6-7-24(12)11-20(25)23-14-4-5-16(21)17(22)9-14/h4-5,8-10,12H,6-7,11H2,1-3H3,(H,23,25)/t12-/m0/s1. The fourth-order valence-corrected chi connectivity index (χ4v) is 3.37. The fraction of sp³-hybridized carbons (Fsp3) is 0.350. The molecule has 2 aromatic rings. The second kappa shape index (κ2) is 7.92. The maximum atomic E-state index is 13.3. The third kappa shape index (κ3) is 4.03. The van der Waals surface area contributed by atoms with Gasteiger partial charge in [-0.1, -0.05) is 0 Å². The van der Waals surface area contributed by atoms with E-state index in [2.05, 4.69) is 5.32 Å². The summed E-state index contributed by atoms with van der Waals surface area (Å²) < 4.78 is 37.0. The smallest absolute Gasteiger partial charge is 0.238 e. The minimum atomic E-state index is -0.992. The third-order valence-corrected chi connectivity index (χ3v) is 4.86. The largest absolute Gasteiger partial charge is 0.493 e. The van der Waals surface area contributed by atoms with Crippen molar-refractivity contribution in [2.24, 2.45) is 0 Å². The molecule has 1 heterocycles. The van der Waals surface area contributed by atoms with Crippen molar-refractivity contribution in [3.63, 3.8) is 0 Å². The van der Waals surface area contributed by atoms with Crippen molar-refractivity contribution in [2.45, 2.75) is 19.4 Å². The zero-order valence-corrected chi connectivity index (χ0v) is 15.5. The van der Waals surface area contributed by atoms with Crippen LogP contribution < -0.4 is 14.8 Å². The highest BCUT2D eigenvalue weighted by molar-refractivity contribution is 5.92. The van der Waals surface area contributed by atoms with Crippen LogP contribution in [-0.2, 0) is 11.2 Å². The molecule has 1 aliphatic rings. The van der Waals surface area contributed by atoms with Crippen molar-refractivity contribution in [3.05, 3.63) is 53.1 Å². The number of carbonyl (C=O) groups is 1. The van der Waals surface area contributed by atoms with Crippen molar-refractivity contribution in [2.75, 3.05) is 32.6 Å². The van der Waals surface area contributed by atoms with Gasteiger partial charge in [0.25, 0.3) is 0 Å². The van der Waals surface area contributed by atoms with Gasteiger partial charge < -0.3 is 14.8 Å². The Kier molecular flexibility index (Phi) is 5.60. The number of rotatable bonds is 5. The number of carbonyl (C=O) groups excluding carboxylic acids is 1. The average molecular weight is 376 g/mol. The maximum absolute atomic E-state index is 13.3. The minimum absolute atomic E-state index is 0.00394. The van der Waals surface area contributed by atoms with Crippen molar-refractivity contribution in [1.82, 2.24) is 4.90 Å². The molecule has 1 amide bonds. The number of fused-ring (bicyclic) bond motifs is 1. The molecule has 0 unspecified atom stereocenters. The first kappa shape index (κ1) is 19.1. The molecule has 1 N–H and O–H groups in total. The lowest BCUT2D eigenvalue weighted by atomic mass is 9.93. The van der Waals surface area contributed by atoms with Gasteiger partial charge in [0, 0.05) is 24.3 Å². The molecule has 0 aromatic heterocycles. The predicted molar refractivity (Wildman–Crippen MR) is 98.2 cm³/mol. The number of halogens is 2. The first-order valence-electron chi connectivity index (χ1n) is 8.66. The van der Waals surface area contributed by atoms with Crippen LogP contribution in [0.25, 0.3) is 0 Å². The van der Waals surface area contributed by atoms with Crippen molar-refractivity contribution in [3.8, 4) is 11.5 Å². The molecule has 1 atom stereocenters. The first-order chi connectivity index (χ1) is 12.9. The molecule has 0 aliphatic carbocycles. The molecule has 3 rings (SSSR count). The van der Waals surface area contributed by atoms with E-state index in [0.29, 0.717) is 18.0 Å². The highest BCUT2D eigenvalue weighted by Gasteiger charge is 2.27. The Morgan fingerprint density at radius 2 is 1.85 bits per heavy atom. The summed E-state index contributed by atoms with van der Waals surface area (Å²) >= 11 is 0. The Balaban J connectivity index is 1.71. The quantitative estimate of drug-likeness (QED) is 0.867. The number of ether oxygens (including phenoxy) is 2. The average Bonchev–Trinajstić information content (AvgIpc) is 2.66. The van der Waals surface area contributed by atoms with Crippen LogP contribution in [0.5, 0.6) is 11.5 Å². The van der Waals surface area contributed by atoms with Crippen LogP contribution in [0.3, 0.4) is 0 Å². The van der Waals surface area contributed by atoms with Crippen LogP contribution in [0.2, 0.25) is 0 Å². The minimum Gasteiger partial charge on any atom is -0.493 e. The fourth-order valence-electron chi connectivity index (χ4n) is 3.37. The second-order valence-corrected chi connectivity index (χ2v) is 6.48. The SMILES string of the molecule is COc1cc2c(cc1OC)[C@H](C)N(CC(=O)Nc1ccc(F)c(F)c1)CC2. The number of nitrogens with zero attached hydrogens (tertiary/aromatic N) is 1. The molecule has 7 heteroatoms. The summed E-state index contributed by atoms with van der Waals surface area (Å²) in [6, 6.07) is 7.22. The van der Waals surface area contributed by atoms with E-state index in [4.69, 9.17) is 9.47 Å². The van der Waals surface area contributed by atoms with E-state index in [9.17, 15) is 13.6 Å². The number of hydrogen-bond donors (Lipinski definition) is 1. The van der Waals surface area contributed by atoms with E-state index < -0.39 is 11.6 Å². The Hall–Kier alpha value is -2.67. The van der Waals surface area contributed by atoms with Crippen LogP contribution in [0.15, 0.2) is 30.3 Å². The van der Waals surface area contributed by atoms with Gasteiger partial charge in [0.2, 0.25) is 5.91 Å². The van der Waals surface area contributed by atoms with Crippen molar-refractivity contribution in [1.29, 1.82) is 0 Å². The maximum Gasteiger partial charge on any atom is 0.238 e. The molecule has 0 saturated carbocycles. The van der Waals surface area contributed by atoms with Gasteiger partial charge in [-0.05, 0) is 48.7 Å². The normalized spacial score (nSPS) is 16.6. The lowest BCUT2D eigenvalue weighted by Gasteiger charge is -2.35. The summed E-state index contributed by atoms with van der Waals surface area (Å²) in [5.41, 5.74) is 2.48. The third-order valence-electron chi connectivity index (χ3n) is 4.86. The number of hydrogen-bond acceptors (Lipinski definition) is 4. The number of methoxy groups -OCH3 is 2. The topological polar surface area (TPSA) is 50.8 Å². The van der Waals surface area contributed by atoms with Gasteiger partial charge in [-0.15, -0.1) is 0 Å². The van der Waals surface area contributed by atoms with E-state index in [1.165, 1.54) is 6.07 Å². The summed E-state index contributed by atoms with van der Waals surface area (Å²) in [6.45, 7) is 2.87. The van der Waals surface area contributed by atoms with Crippen LogP contribution in [0.1, 0.15) is 24.1 Å². The summed E-state index contributed by atoms with van der Waals surface area (Å²) in [4.78, 5) is 14.4. The zero-order chi connectivity index (χ0) is 19.6. The molecule has 0 spiro atoms. The molecule has 0 bridgehead atoms. The summed E-state index contributed by atoms with van der Waals surface area (Å²) in [5.74, 6) is -0.881. The summed E-state index contributed by atoms with van der Waals surface area (Å²) in [6.07, 6.45) is 0.776. The van der Waals surface area contributed by atoms with Gasteiger partial charge in [-0.25, -0.2) is 8.78 Å². The first-order valence-corrected chi connectivity index (χ1v) is 8.66. The second-order valence-electron chi connectivity index (χ2n) is 6.48. The molecule has 0 fully saturated rings. The van der Waals surface area contributed by atoms with Gasteiger partial charge in [0.05, 0.1) is 20.8 Å². The van der Waals surface area contributed by atoms with E-state index in [1.807, 2.05) is 24.0 Å². The Labute approximate surface area is 156 Å². The molecule has 0 saturated heterocycles. The van der Waals surface area contributed by atoms with E-state index in [1.54, 1.807) is 14.2 Å². The Morgan fingerprint density at radius 1 is 1.15 bits per heavy atom. The van der Waals surface area contributed by atoms with Crippen molar-refractivity contribution >= 4 is 11.6 Å². The number of nitrogens with one attached hydrogen (secondary N) is 1. The van der Waals surface area contributed by atoms with E-state index in [0.717, 1.165) is 29.7 Å². The van der Waals surface area contributed by atoms with Gasteiger partial charge in [0.15, 0.2) is 23.1 Å². The number of benzene rings is 2. The molecular formula is C20H22F2N2O3.